The molecule has 0 aliphatic carbocycles. The molecule has 0 radical (unpaired) electrons. The molecule has 17 heavy (non-hydrogen) atoms. The van der Waals surface area contributed by atoms with Gasteiger partial charge in [-0.1, -0.05) is 13.8 Å². The van der Waals surface area contributed by atoms with Crippen LogP contribution < -0.4 is 0 Å². The Labute approximate surface area is 103 Å². The van der Waals surface area contributed by atoms with E-state index in [0.717, 1.165) is 12.8 Å². The number of rotatable bonds is 3. The first-order valence-electron chi connectivity index (χ1n) is 5.97. The molecule has 0 aromatic carbocycles. The van der Waals surface area contributed by atoms with E-state index in [0.29, 0.717) is 17.4 Å². The Morgan fingerprint density at radius 2 is 2.29 bits per heavy atom. The van der Waals surface area contributed by atoms with Crippen LogP contribution in [0.4, 0.5) is 0 Å². The topological polar surface area (TPSA) is 50.3 Å². The summed E-state index contributed by atoms with van der Waals surface area (Å²) in [5.41, 5.74) is 0. The first kappa shape index (κ1) is 12.5. The molecule has 1 aromatic heterocycles. The molecule has 0 amide bonds. The SMILES string of the molecule is CCC1CC(C)CN1S(=O)(=O)c1cccnc1. The number of hydrogen-bond acceptors (Lipinski definition) is 3. The molecule has 2 rings (SSSR count). The number of nitrogens with zero attached hydrogens (tertiary/aromatic N) is 2. The molecule has 0 bridgehead atoms. The van der Waals surface area contributed by atoms with E-state index < -0.39 is 10.0 Å². The van der Waals surface area contributed by atoms with Crippen molar-refractivity contribution in [2.45, 2.75) is 37.6 Å². The lowest BCUT2D eigenvalue weighted by atomic mass is 10.1. The fourth-order valence-electron chi connectivity index (χ4n) is 2.41. The third kappa shape index (κ3) is 2.35. The van der Waals surface area contributed by atoms with Crippen LogP contribution in [-0.4, -0.2) is 30.3 Å². The first-order chi connectivity index (χ1) is 8.05. The second-order valence-electron chi connectivity index (χ2n) is 4.67. The van der Waals surface area contributed by atoms with Gasteiger partial charge in [-0.2, -0.15) is 4.31 Å². The molecule has 2 heterocycles. The van der Waals surface area contributed by atoms with Gasteiger partial charge in [0.1, 0.15) is 4.90 Å². The van der Waals surface area contributed by atoms with Crippen LogP contribution in [0, 0.1) is 5.92 Å². The van der Waals surface area contributed by atoms with Crippen LogP contribution in [0.5, 0.6) is 0 Å². The zero-order chi connectivity index (χ0) is 12.5. The minimum Gasteiger partial charge on any atom is -0.263 e. The molecule has 1 fully saturated rings. The van der Waals surface area contributed by atoms with Gasteiger partial charge in [-0.25, -0.2) is 8.42 Å². The van der Waals surface area contributed by atoms with E-state index in [1.54, 1.807) is 22.6 Å². The lowest BCUT2D eigenvalue weighted by Crippen LogP contribution is -2.35. The average Bonchev–Trinajstić information content (AvgIpc) is 2.72. The first-order valence-corrected chi connectivity index (χ1v) is 7.41. The van der Waals surface area contributed by atoms with Gasteiger partial charge >= 0.3 is 0 Å². The van der Waals surface area contributed by atoms with Crippen LogP contribution in [0.3, 0.4) is 0 Å². The zero-order valence-corrected chi connectivity index (χ0v) is 11.0. The highest BCUT2D eigenvalue weighted by Crippen LogP contribution is 2.30. The maximum atomic E-state index is 12.4. The zero-order valence-electron chi connectivity index (χ0n) is 10.2. The van der Waals surface area contributed by atoms with Crippen LogP contribution in [-0.2, 0) is 10.0 Å². The summed E-state index contributed by atoms with van der Waals surface area (Å²) in [7, 11) is -3.36. The molecule has 2 atom stereocenters. The third-order valence-electron chi connectivity index (χ3n) is 3.29. The lowest BCUT2D eigenvalue weighted by molar-refractivity contribution is 0.378. The maximum absolute atomic E-state index is 12.4. The quantitative estimate of drug-likeness (QED) is 0.827. The van der Waals surface area contributed by atoms with Crippen molar-refractivity contribution in [2.24, 2.45) is 5.92 Å². The molecule has 1 saturated heterocycles. The summed E-state index contributed by atoms with van der Waals surface area (Å²) in [6, 6.07) is 3.40. The molecule has 1 aromatic rings. The van der Waals surface area contributed by atoms with Crippen molar-refractivity contribution in [3.05, 3.63) is 24.5 Å². The summed E-state index contributed by atoms with van der Waals surface area (Å²) in [5, 5.41) is 0. The fraction of sp³-hybridized carbons (Fsp3) is 0.583. The Balaban J connectivity index is 2.33. The predicted octanol–water partition coefficient (Wildman–Crippen LogP) is 1.89. The van der Waals surface area contributed by atoms with E-state index >= 15 is 0 Å². The minimum absolute atomic E-state index is 0.134. The molecule has 0 N–H and O–H groups in total. The molecule has 1 aliphatic heterocycles. The summed E-state index contributed by atoms with van der Waals surface area (Å²) < 4.78 is 26.5. The monoisotopic (exact) mass is 254 g/mol. The summed E-state index contributed by atoms with van der Waals surface area (Å²) in [4.78, 5) is 4.19. The molecule has 2 unspecified atom stereocenters. The van der Waals surface area contributed by atoms with E-state index in [1.165, 1.54) is 6.20 Å². The van der Waals surface area contributed by atoms with E-state index in [1.807, 2.05) is 6.92 Å². The van der Waals surface area contributed by atoms with Gasteiger partial charge in [0.05, 0.1) is 0 Å². The molecule has 5 heteroatoms. The van der Waals surface area contributed by atoms with Crippen LogP contribution in [0.2, 0.25) is 0 Å². The summed E-state index contributed by atoms with van der Waals surface area (Å²) in [5.74, 6) is 0.436. The smallest absolute Gasteiger partial charge is 0.244 e. The van der Waals surface area contributed by atoms with Crippen LogP contribution in [0.1, 0.15) is 26.7 Å². The summed E-state index contributed by atoms with van der Waals surface area (Å²) in [6.07, 6.45) is 4.83. The van der Waals surface area contributed by atoms with E-state index in [4.69, 9.17) is 0 Å². The van der Waals surface area contributed by atoms with Gasteiger partial charge in [0.15, 0.2) is 0 Å². The molecule has 0 spiro atoms. The third-order valence-corrected chi connectivity index (χ3v) is 5.19. The molecular formula is C12H18N2O2S. The van der Waals surface area contributed by atoms with Crippen LogP contribution in [0.15, 0.2) is 29.4 Å². The summed E-state index contributed by atoms with van der Waals surface area (Å²) in [6.45, 7) is 4.76. The van der Waals surface area contributed by atoms with Crippen molar-refractivity contribution < 1.29 is 8.42 Å². The van der Waals surface area contributed by atoms with Crippen LogP contribution in [0.25, 0.3) is 0 Å². The highest BCUT2D eigenvalue weighted by molar-refractivity contribution is 7.89. The second-order valence-corrected chi connectivity index (χ2v) is 6.56. The van der Waals surface area contributed by atoms with Crippen molar-refractivity contribution in [1.29, 1.82) is 0 Å². The Hall–Kier alpha value is -0.940. The Kier molecular flexibility index (Phi) is 3.49. The maximum Gasteiger partial charge on any atom is 0.244 e. The van der Waals surface area contributed by atoms with Gasteiger partial charge < -0.3 is 0 Å². The minimum atomic E-state index is -3.36. The van der Waals surface area contributed by atoms with E-state index in [-0.39, 0.29) is 6.04 Å². The molecule has 94 valence electrons. The Morgan fingerprint density at radius 3 is 2.88 bits per heavy atom. The van der Waals surface area contributed by atoms with Gasteiger partial charge in [-0.15, -0.1) is 0 Å². The van der Waals surface area contributed by atoms with E-state index in [9.17, 15) is 8.42 Å². The second kappa shape index (κ2) is 4.74. The summed E-state index contributed by atoms with van der Waals surface area (Å²) >= 11 is 0. The number of sulfonamides is 1. The van der Waals surface area contributed by atoms with Gasteiger partial charge in [0.25, 0.3) is 0 Å². The fourth-order valence-corrected chi connectivity index (χ4v) is 4.21. The Morgan fingerprint density at radius 1 is 1.53 bits per heavy atom. The normalized spacial score (nSPS) is 26.2. The van der Waals surface area contributed by atoms with Gasteiger partial charge in [0, 0.05) is 25.0 Å². The Bertz CT molecular complexity index is 473. The molecule has 1 aliphatic rings. The highest BCUT2D eigenvalue weighted by Gasteiger charge is 2.37. The van der Waals surface area contributed by atoms with Crippen molar-refractivity contribution in [2.75, 3.05) is 6.54 Å². The predicted molar refractivity (Wildman–Crippen MR) is 66.0 cm³/mol. The van der Waals surface area contributed by atoms with Gasteiger partial charge in [-0.05, 0) is 30.9 Å². The van der Waals surface area contributed by atoms with Gasteiger partial charge in [0.2, 0.25) is 10.0 Å². The standard InChI is InChI=1S/C12H18N2O2S/c1-3-11-7-10(2)9-14(11)17(15,16)12-5-4-6-13-8-12/h4-6,8,10-11H,3,7,9H2,1-2H3. The van der Waals surface area contributed by atoms with Crippen molar-refractivity contribution in [1.82, 2.24) is 9.29 Å². The van der Waals surface area contributed by atoms with E-state index in [2.05, 4.69) is 11.9 Å². The number of aromatic nitrogens is 1. The molecule has 0 saturated carbocycles. The van der Waals surface area contributed by atoms with Gasteiger partial charge in [-0.3, -0.25) is 4.98 Å². The van der Waals surface area contributed by atoms with Crippen LogP contribution >= 0.6 is 0 Å². The van der Waals surface area contributed by atoms with Crippen molar-refractivity contribution in [3.63, 3.8) is 0 Å². The van der Waals surface area contributed by atoms with Crippen molar-refractivity contribution in [3.8, 4) is 0 Å². The number of pyridine rings is 1. The molecular weight excluding hydrogens is 236 g/mol. The average molecular weight is 254 g/mol. The van der Waals surface area contributed by atoms with Crippen molar-refractivity contribution >= 4 is 10.0 Å². The number of hydrogen-bond donors (Lipinski definition) is 0. The highest BCUT2D eigenvalue weighted by atomic mass is 32.2. The molecule has 4 nitrogen and oxygen atoms in total. The lowest BCUT2D eigenvalue weighted by Gasteiger charge is -2.22. The largest absolute Gasteiger partial charge is 0.263 e.